The molecule has 4 unspecified atom stereocenters. The molecule has 3 heteroatoms. The van der Waals surface area contributed by atoms with Crippen molar-refractivity contribution >= 4 is 5.97 Å². The van der Waals surface area contributed by atoms with Gasteiger partial charge in [0, 0.05) is 24.0 Å². The van der Waals surface area contributed by atoms with Crippen molar-refractivity contribution in [2.45, 2.75) is 56.7 Å². The van der Waals surface area contributed by atoms with Crippen molar-refractivity contribution in [1.82, 2.24) is 4.90 Å². The number of fused-ring (bicyclic) bond motifs is 2. The third kappa shape index (κ3) is 2.41. The number of aliphatic carboxylic acids is 1. The first-order valence-corrected chi connectivity index (χ1v) is 10.2. The van der Waals surface area contributed by atoms with E-state index in [1.165, 1.54) is 16.7 Å². The van der Waals surface area contributed by atoms with Crippen LogP contribution in [0.2, 0.25) is 0 Å². The van der Waals surface area contributed by atoms with Gasteiger partial charge in [-0.2, -0.15) is 0 Å². The number of carbonyl (C=O) groups is 1. The van der Waals surface area contributed by atoms with Crippen molar-refractivity contribution in [2.24, 2.45) is 11.8 Å². The van der Waals surface area contributed by atoms with Gasteiger partial charge in [0.25, 0.3) is 0 Å². The van der Waals surface area contributed by atoms with Gasteiger partial charge in [0.1, 0.15) is 0 Å². The Morgan fingerprint density at radius 1 is 1.11 bits per heavy atom. The second kappa shape index (κ2) is 6.20. The minimum absolute atomic E-state index is 0.131. The number of piperidine rings is 2. The fourth-order valence-corrected chi connectivity index (χ4v) is 6.54. The molecule has 2 heterocycles. The van der Waals surface area contributed by atoms with Crippen LogP contribution in [0.1, 0.15) is 42.9 Å². The molecule has 4 aliphatic rings. The Balaban J connectivity index is 1.60. The predicted octanol–water partition coefficient (Wildman–Crippen LogP) is 4.25. The summed E-state index contributed by atoms with van der Waals surface area (Å²) in [6.45, 7) is 3.16. The van der Waals surface area contributed by atoms with E-state index in [9.17, 15) is 9.90 Å². The van der Waals surface area contributed by atoms with Crippen molar-refractivity contribution in [1.29, 1.82) is 0 Å². The van der Waals surface area contributed by atoms with Crippen LogP contribution in [0.3, 0.4) is 0 Å². The van der Waals surface area contributed by atoms with Gasteiger partial charge in [-0.15, -0.1) is 0 Å². The molecular formula is C24H27NO2. The molecule has 2 aliphatic heterocycles. The number of hydrogen-bond acceptors (Lipinski definition) is 2. The Morgan fingerprint density at radius 3 is 2.59 bits per heavy atom. The van der Waals surface area contributed by atoms with E-state index in [4.69, 9.17) is 0 Å². The third-order valence-electron chi connectivity index (χ3n) is 7.71. The molecule has 4 bridgehead atoms. The smallest absolute Gasteiger partial charge is 0.308 e. The number of nitrogens with zero attached hydrogens (tertiary/aromatic N) is 1. The van der Waals surface area contributed by atoms with Crippen LogP contribution in [-0.4, -0.2) is 28.1 Å². The first-order chi connectivity index (χ1) is 13.1. The maximum Gasteiger partial charge on any atom is 0.308 e. The van der Waals surface area contributed by atoms with E-state index < -0.39 is 5.97 Å². The topological polar surface area (TPSA) is 40.5 Å². The molecule has 1 saturated carbocycles. The maximum atomic E-state index is 12.1. The molecule has 2 saturated heterocycles. The SMILES string of the molecule is CC[C@]12CC3C(C(=O)O)CC1C(Cc1ccccc12)N3Cc1ccccc1. The second-order valence-electron chi connectivity index (χ2n) is 8.65. The van der Waals surface area contributed by atoms with E-state index in [2.05, 4.69) is 60.4 Å². The van der Waals surface area contributed by atoms with Crippen molar-refractivity contribution in [2.75, 3.05) is 0 Å². The Hall–Kier alpha value is -2.13. The molecule has 1 N–H and O–H groups in total. The van der Waals surface area contributed by atoms with E-state index in [1.54, 1.807) is 0 Å². The molecule has 0 spiro atoms. The van der Waals surface area contributed by atoms with Crippen molar-refractivity contribution in [3.8, 4) is 0 Å². The van der Waals surface area contributed by atoms with E-state index in [0.29, 0.717) is 12.0 Å². The monoisotopic (exact) mass is 361 g/mol. The van der Waals surface area contributed by atoms with Gasteiger partial charge in [-0.3, -0.25) is 9.69 Å². The standard InChI is InChI=1S/C24H27NO2/c1-2-24-14-22-18(23(26)27)13-20(24)21(12-17-10-6-7-11-19(17)24)25(22)15-16-8-4-3-5-9-16/h3-11,18,20-22H,2,12-15H2,1H3,(H,26,27)/t18?,20?,21?,22?,24-/m1/s1. The summed E-state index contributed by atoms with van der Waals surface area (Å²) >= 11 is 0. The summed E-state index contributed by atoms with van der Waals surface area (Å²) in [6, 6.07) is 20.1. The van der Waals surface area contributed by atoms with Crippen LogP contribution in [0.25, 0.3) is 0 Å². The molecule has 0 aromatic heterocycles. The highest BCUT2D eigenvalue weighted by molar-refractivity contribution is 5.72. The van der Waals surface area contributed by atoms with Crippen molar-refractivity contribution in [3.05, 3.63) is 71.3 Å². The lowest BCUT2D eigenvalue weighted by Crippen LogP contribution is -2.70. The molecule has 3 fully saturated rings. The van der Waals surface area contributed by atoms with Gasteiger partial charge in [0.15, 0.2) is 0 Å². The fraction of sp³-hybridized carbons (Fsp3) is 0.458. The molecule has 6 rings (SSSR count). The maximum absolute atomic E-state index is 12.1. The highest BCUT2D eigenvalue weighted by Crippen LogP contribution is 2.59. The zero-order valence-electron chi connectivity index (χ0n) is 15.8. The molecule has 2 aromatic carbocycles. The van der Waals surface area contributed by atoms with Crippen LogP contribution in [0, 0.1) is 11.8 Å². The van der Waals surface area contributed by atoms with Gasteiger partial charge in [-0.25, -0.2) is 0 Å². The Kier molecular flexibility index (Phi) is 3.90. The molecule has 2 aliphatic carbocycles. The first-order valence-electron chi connectivity index (χ1n) is 10.2. The Bertz CT molecular complexity index is 864. The van der Waals surface area contributed by atoms with Crippen molar-refractivity contribution in [3.63, 3.8) is 0 Å². The number of rotatable bonds is 4. The summed E-state index contributed by atoms with van der Waals surface area (Å²) < 4.78 is 0. The van der Waals surface area contributed by atoms with E-state index in [1.807, 2.05) is 6.07 Å². The van der Waals surface area contributed by atoms with Gasteiger partial charge in [-0.05, 0) is 48.3 Å². The lowest BCUT2D eigenvalue weighted by atomic mass is 9.48. The summed E-state index contributed by atoms with van der Waals surface area (Å²) in [5.74, 6) is -0.410. The molecule has 5 atom stereocenters. The van der Waals surface area contributed by atoms with E-state index in [0.717, 1.165) is 32.2 Å². The third-order valence-corrected chi connectivity index (χ3v) is 7.71. The number of hydrogen-bond donors (Lipinski definition) is 1. The van der Waals surface area contributed by atoms with Crippen LogP contribution >= 0.6 is 0 Å². The van der Waals surface area contributed by atoms with Crippen LogP contribution < -0.4 is 0 Å². The summed E-state index contributed by atoms with van der Waals surface area (Å²) in [5, 5.41) is 9.93. The molecule has 2 aromatic rings. The average molecular weight is 361 g/mol. The highest BCUT2D eigenvalue weighted by atomic mass is 16.4. The first kappa shape index (κ1) is 17.0. The van der Waals surface area contributed by atoms with Gasteiger partial charge < -0.3 is 5.11 Å². The summed E-state index contributed by atoms with van der Waals surface area (Å²) in [4.78, 5) is 14.6. The molecule has 0 radical (unpaired) electrons. The average Bonchev–Trinajstić information content (AvgIpc) is 2.70. The van der Waals surface area contributed by atoms with Gasteiger partial charge in [0.2, 0.25) is 0 Å². The second-order valence-corrected chi connectivity index (χ2v) is 8.65. The lowest BCUT2D eigenvalue weighted by Gasteiger charge is -2.65. The molecule has 0 amide bonds. The fourth-order valence-electron chi connectivity index (χ4n) is 6.54. The van der Waals surface area contributed by atoms with Gasteiger partial charge >= 0.3 is 5.97 Å². The zero-order chi connectivity index (χ0) is 18.6. The van der Waals surface area contributed by atoms with Crippen LogP contribution in [0.4, 0.5) is 0 Å². The molecule has 27 heavy (non-hydrogen) atoms. The minimum Gasteiger partial charge on any atom is -0.481 e. The quantitative estimate of drug-likeness (QED) is 0.885. The summed E-state index contributed by atoms with van der Waals surface area (Å²) in [5.41, 5.74) is 4.42. The number of carboxylic acid groups (broad SMARTS) is 1. The summed E-state index contributed by atoms with van der Waals surface area (Å²) in [6.07, 6.45) is 3.97. The predicted molar refractivity (Wildman–Crippen MR) is 106 cm³/mol. The molecular weight excluding hydrogens is 334 g/mol. The summed E-state index contributed by atoms with van der Waals surface area (Å²) in [7, 11) is 0. The van der Waals surface area contributed by atoms with Gasteiger partial charge in [0.05, 0.1) is 5.92 Å². The molecule has 3 nitrogen and oxygen atoms in total. The normalized spacial score (nSPS) is 34.3. The lowest BCUT2D eigenvalue weighted by molar-refractivity contribution is -0.163. The van der Waals surface area contributed by atoms with Crippen LogP contribution in [-0.2, 0) is 23.2 Å². The van der Waals surface area contributed by atoms with E-state index >= 15 is 0 Å². The van der Waals surface area contributed by atoms with Crippen LogP contribution in [0.5, 0.6) is 0 Å². The van der Waals surface area contributed by atoms with Crippen LogP contribution in [0.15, 0.2) is 54.6 Å². The highest BCUT2D eigenvalue weighted by Gasteiger charge is 2.61. The van der Waals surface area contributed by atoms with Gasteiger partial charge in [-0.1, -0.05) is 61.5 Å². The molecule has 140 valence electrons. The number of benzene rings is 2. The largest absolute Gasteiger partial charge is 0.481 e. The number of carboxylic acids is 1. The Labute approximate surface area is 161 Å². The zero-order valence-corrected chi connectivity index (χ0v) is 15.8. The minimum atomic E-state index is -0.611. The Morgan fingerprint density at radius 2 is 1.85 bits per heavy atom. The van der Waals surface area contributed by atoms with Crippen molar-refractivity contribution < 1.29 is 9.90 Å². The van der Waals surface area contributed by atoms with E-state index in [-0.39, 0.29) is 17.4 Å².